The maximum atomic E-state index is 5.75. The Kier molecular flexibility index (Phi) is 4.15. The van der Waals surface area contributed by atoms with E-state index in [1.165, 1.54) is 19.3 Å². The number of hydrogen-bond donors (Lipinski definition) is 2. The van der Waals surface area contributed by atoms with Crippen LogP contribution in [0.4, 0.5) is 0 Å². The number of hydrogen-bond acceptors (Lipinski definition) is 3. The number of nitrogens with two attached hydrogens (primary N) is 1. The maximum Gasteiger partial charge on any atom is 0.0752 e. The van der Waals surface area contributed by atoms with Gasteiger partial charge in [-0.3, -0.25) is 5.84 Å². The summed E-state index contributed by atoms with van der Waals surface area (Å²) in [6, 6.07) is 0.915. The summed E-state index contributed by atoms with van der Waals surface area (Å²) in [5.41, 5.74) is 6.98. The molecule has 0 aromatic rings. The van der Waals surface area contributed by atoms with Gasteiger partial charge >= 0.3 is 0 Å². The number of nitrogens with zero attached hydrogens (tertiary/aromatic N) is 1. The molecule has 0 bridgehead atoms. The Morgan fingerprint density at radius 2 is 2.16 bits per heavy atom. The van der Waals surface area contributed by atoms with Crippen molar-refractivity contribution in [3.05, 3.63) is 47.9 Å². The van der Waals surface area contributed by atoms with Crippen LogP contribution in [0.3, 0.4) is 0 Å². The van der Waals surface area contributed by atoms with Crippen molar-refractivity contribution in [2.24, 2.45) is 5.84 Å². The molecule has 0 aromatic carbocycles. The molecule has 2 heterocycles. The first-order valence-corrected chi connectivity index (χ1v) is 7.15. The van der Waals surface area contributed by atoms with Gasteiger partial charge in [-0.15, -0.1) is 0 Å². The smallest absolute Gasteiger partial charge is 0.0752 e. The highest BCUT2D eigenvalue weighted by molar-refractivity contribution is 5.48. The number of hydrazine groups is 1. The van der Waals surface area contributed by atoms with Crippen LogP contribution >= 0.6 is 0 Å². The molecule has 2 unspecified atom stereocenters. The molecule has 0 saturated carbocycles. The monoisotopic (exact) mass is 259 g/mol. The number of nitrogens with one attached hydrogen (secondary N) is 1. The maximum absolute atomic E-state index is 5.75. The second-order valence-electron chi connectivity index (χ2n) is 5.44. The van der Waals surface area contributed by atoms with E-state index < -0.39 is 0 Å². The van der Waals surface area contributed by atoms with Gasteiger partial charge in [0, 0.05) is 12.1 Å². The molecular formula is C16H25N3. The molecule has 2 atom stereocenters. The minimum atomic E-state index is 0.412. The molecule has 1 saturated heterocycles. The Morgan fingerprint density at radius 3 is 2.79 bits per heavy atom. The highest BCUT2D eigenvalue weighted by atomic mass is 15.3. The van der Waals surface area contributed by atoms with Gasteiger partial charge in [0.05, 0.1) is 11.4 Å². The molecule has 104 valence electrons. The predicted molar refractivity (Wildman–Crippen MR) is 81.0 cm³/mol. The van der Waals surface area contributed by atoms with Crippen LogP contribution in [-0.2, 0) is 0 Å². The van der Waals surface area contributed by atoms with Gasteiger partial charge in [-0.2, -0.15) is 0 Å². The third kappa shape index (κ3) is 2.47. The third-order valence-corrected chi connectivity index (χ3v) is 4.26. The van der Waals surface area contributed by atoms with Crippen LogP contribution in [0.1, 0.15) is 39.5 Å². The van der Waals surface area contributed by atoms with Gasteiger partial charge in [0.1, 0.15) is 0 Å². The third-order valence-electron chi connectivity index (χ3n) is 4.26. The van der Waals surface area contributed by atoms with E-state index in [4.69, 9.17) is 5.84 Å². The Bertz CT molecular complexity index is 445. The van der Waals surface area contributed by atoms with E-state index >= 15 is 0 Å². The van der Waals surface area contributed by atoms with Crippen molar-refractivity contribution in [3.63, 3.8) is 0 Å². The number of rotatable bonds is 2. The first kappa shape index (κ1) is 13.9. The van der Waals surface area contributed by atoms with E-state index in [1.54, 1.807) is 0 Å². The fourth-order valence-corrected chi connectivity index (χ4v) is 3.25. The van der Waals surface area contributed by atoms with Crippen LogP contribution < -0.4 is 11.3 Å². The molecule has 0 aromatic heterocycles. The van der Waals surface area contributed by atoms with E-state index in [2.05, 4.69) is 49.5 Å². The van der Waals surface area contributed by atoms with Crippen molar-refractivity contribution in [1.29, 1.82) is 0 Å². The minimum Gasteiger partial charge on any atom is -0.361 e. The van der Waals surface area contributed by atoms with Crippen molar-refractivity contribution in [3.8, 4) is 0 Å². The van der Waals surface area contributed by atoms with Crippen LogP contribution in [0, 0.1) is 0 Å². The average Bonchev–Trinajstić information content (AvgIpc) is 2.40. The highest BCUT2D eigenvalue weighted by Gasteiger charge is 2.30. The lowest BCUT2D eigenvalue weighted by atomic mass is 9.90. The zero-order valence-electron chi connectivity index (χ0n) is 12.1. The quantitative estimate of drug-likeness (QED) is 0.591. The topological polar surface area (TPSA) is 41.3 Å². The molecule has 0 amide bonds. The van der Waals surface area contributed by atoms with E-state index in [9.17, 15) is 0 Å². The van der Waals surface area contributed by atoms with Crippen molar-refractivity contribution in [2.75, 3.05) is 0 Å². The summed E-state index contributed by atoms with van der Waals surface area (Å²) >= 11 is 0. The lowest BCUT2D eigenvalue weighted by Gasteiger charge is -2.44. The summed E-state index contributed by atoms with van der Waals surface area (Å²) in [6.07, 6.45) is 8.96. The van der Waals surface area contributed by atoms with Crippen LogP contribution in [0.15, 0.2) is 47.9 Å². The first-order chi connectivity index (χ1) is 9.10. The van der Waals surface area contributed by atoms with Crippen LogP contribution in [0.5, 0.6) is 0 Å². The fourth-order valence-electron chi connectivity index (χ4n) is 3.25. The Balaban J connectivity index is 2.48. The molecule has 0 radical (unpaired) electrons. The molecule has 19 heavy (non-hydrogen) atoms. The lowest BCUT2D eigenvalue weighted by Crippen LogP contribution is -2.46. The molecule has 3 heteroatoms. The number of fused-ring (bicyclic) bond motifs is 1. The second kappa shape index (κ2) is 5.66. The molecule has 3 N–H and O–H groups in total. The number of piperidine rings is 1. The fraction of sp³-hybridized carbons (Fsp3) is 0.500. The highest BCUT2D eigenvalue weighted by Crippen LogP contribution is 2.34. The summed E-state index contributed by atoms with van der Waals surface area (Å²) in [5, 5.41) is 0. The molecule has 2 aliphatic heterocycles. The summed E-state index contributed by atoms with van der Waals surface area (Å²) in [5.74, 6) is 5.75. The van der Waals surface area contributed by atoms with E-state index in [-0.39, 0.29) is 0 Å². The zero-order valence-corrected chi connectivity index (χ0v) is 12.1. The molecule has 0 aliphatic carbocycles. The van der Waals surface area contributed by atoms with Crippen molar-refractivity contribution in [2.45, 2.75) is 51.6 Å². The van der Waals surface area contributed by atoms with Gasteiger partial charge in [-0.1, -0.05) is 32.2 Å². The van der Waals surface area contributed by atoms with Crippen molar-refractivity contribution in [1.82, 2.24) is 10.3 Å². The predicted octanol–water partition coefficient (Wildman–Crippen LogP) is 3.00. The average molecular weight is 259 g/mol. The normalized spacial score (nSPS) is 29.7. The lowest BCUT2D eigenvalue weighted by molar-refractivity contribution is 0.166. The van der Waals surface area contributed by atoms with Gasteiger partial charge < -0.3 is 10.3 Å². The summed E-state index contributed by atoms with van der Waals surface area (Å²) in [6.45, 7) is 12.8. The van der Waals surface area contributed by atoms with Gasteiger partial charge in [0.15, 0.2) is 0 Å². The van der Waals surface area contributed by atoms with E-state index in [1.807, 2.05) is 0 Å². The number of allylic oxidation sites excluding steroid dienone is 3. The standard InChI is InChI=1S/C16H25N3/c1-5-15-11(2)9-10-14-8-6-7-12(3)19(14)13(4)16(15)18-17/h9-10,12,14,18H,2,4-8,17H2,1,3H3/b10-9-,16-15?. The molecule has 3 nitrogen and oxygen atoms in total. The Hall–Kier alpha value is -1.48. The Labute approximate surface area is 116 Å². The molecule has 2 aliphatic rings. The van der Waals surface area contributed by atoms with Gasteiger partial charge in [0.25, 0.3) is 0 Å². The second-order valence-corrected chi connectivity index (χ2v) is 5.44. The van der Waals surface area contributed by atoms with Crippen molar-refractivity contribution < 1.29 is 0 Å². The minimum absolute atomic E-state index is 0.412. The SMILES string of the molecule is C=C1/C=C\C2CCCC(C)N2C(=C)C(NN)=C1CC. The first-order valence-electron chi connectivity index (χ1n) is 7.15. The summed E-state index contributed by atoms with van der Waals surface area (Å²) < 4.78 is 0. The van der Waals surface area contributed by atoms with Crippen LogP contribution in [0.25, 0.3) is 0 Å². The molecule has 1 fully saturated rings. The van der Waals surface area contributed by atoms with E-state index in [0.717, 1.165) is 29.0 Å². The zero-order chi connectivity index (χ0) is 14.0. The van der Waals surface area contributed by atoms with Gasteiger partial charge in [-0.05, 0) is 43.8 Å². The van der Waals surface area contributed by atoms with Gasteiger partial charge in [-0.25, -0.2) is 0 Å². The largest absolute Gasteiger partial charge is 0.361 e. The van der Waals surface area contributed by atoms with Crippen LogP contribution in [0.2, 0.25) is 0 Å². The Morgan fingerprint density at radius 1 is 1.42 bits per heavy atom. The van der Waals surface area contributed by atoms with Crippen molar-refractivity contribution >= 4 is 0 Å². The van der Waals surface area contributed by atoms with E-state index in [0.29, 0.717) is 12.1 Å². The summed E-state index contributed by atoms with van der Waals surface area (Å²) in [7, 11) is 0. The molecular weight excluding hydrogens is 234 g/mol. The van der Waals surface area contributed by atoms with Crippen LogP contribution in [-0.4, -0.2) is 17.0 Å². The molecule has 2 rings (SSSR count). The summed E-state index contributed by atoms with van der Waals surface area (Å²) in [4.78, 5) is 2.40. The molecule has 0 spiro atoms. The van der Waals surface area contributed by atoms with Gasteiger partial charge in [0.2, 0.25) is 0 Å².